The van der Waals surface area contributed by atoms with E-state index in [1.54, 1.807) is 0 Å². The molecule has 4 heteroatoms. The Labute approximate surface area is 121 Å². The molecule has 1 saturated heterocycles. The predicted octanol–water partition coefficient (Wildman–Crippen LogP) is 2.78. The van der Waals surface area contributed by atoms with Crippen LogP contribution in [0.15, 0.2) is 6.07 Å². The molecule has 0 spiro atoms. The summed E-state index contributed by atoms with van der Waals surface area (Å²) in [5, 5.41) is 8.12. The maximum absolute atomic E-state index is 4.46. The van der Waals surface area contributed by atoms with Gasteiger partial charge in [-0.1, -0.05) is 6.92 Å². The summed E-state index contributed by atoms with van der Waals surface area (Å²) >= 11 is 2.11. The van der Waals surface area contributed by atoms with E-state index in [1.807, 2.05) is 4.68 Å². The minimum Gasteiger partial charge on any atom is -0.314 e. The van der Waals surface area contributed by atoms with Crippen LogP contribution in [0.5, 0.6) is 0 Å². The molecule has 1 aliphatic heterocycles. The first kappa shape index (κ1) is 14.9. The van der Waals surface area contributed by atoms with E-state index in [1.165, 1.54) is 36.5 Å². The Bertz CT molecular complexity index is 383. The zero-order chi connectivity index (χ0) is 13.7. The highest BCUT2D eigenvalue weighted by Crippen LogP contribution is 2.27. The van der Waals surface area contributed by atoms with Crippen LogP contribution in [0.1, 0.15) is 37.6 Å². The van der Waals surface area contributed by atoms with Crippen LogP contribution < -0.4 is 5.32 Å². The van der Waals surface area contributed by atoms with Gasteiger partial charge in [-0.05, 0) is 56.2 Å². The normalized spacial score (nSPS) is 18.7. The van der Waals surface area contributed by atoms with Crippen molar-refractivity contribution in [2.24, 2.45) is 13.0 Å². The van der Waals surface area contributed by atoms with Gasteiger partial charge in [-0.15, -0.1) is 0 Å². The van der Waals surface area contributed by atoms with Crippen LogP contribution in [-0.2, 0) is 13.5 Å². The summed E-state index contributed by atoms with van der Waals surface area (Å²) < 4.78 is 2.04. The molecule has 1 aromatic rings. The van der Waals surface area contributed by atoms with Gasteiger partial charge in [0.25, 0.3) is 0 Å². The van der Waals surface area contributed by atoms with Crippen molar-refractivity contribution in [2.75, 3.05) is 18.1 Å². The van der Waals surface area contributed by atoms with Crippen molar-refractivity contribution in [3.05, 3.63) is 17.5 Å². The van der Waals surface area contributed by atoms with E-state index in [9.17, 15) is 0 Å². The topological polar surface area (TPSA) is 29.9 Å². The van der Waals surface area contributed by atoms with E-state index >= 15 is 0 Å². The molecule has 3 nitrogen and oxygen atoms in total. The van der Waals surface area contributed by atoms with Gasteiger partial charge in [0.05, 0.1) is 5.69 Å². The number of rotatable bonds is 6. The molecule has 0 saturated carbocycles. The summed E-state index contributed by atoms with van der Waals surface area (Å²) in [5.74, 6) is 3.63. The van der Waals surface area contributed by atoms with Crippen molar-refractivity contribution in [3.8, 4) is 0 Å². The molecule has 1 fully saturated rings. The quantitative estimate of drug-likeness (QED) is 0.869. The summed E-state index contributed by atoms with van der Waals surface area (Å²) in [5.41, 5.74) is 2.48. The molecule has 0 aromatic carbocycles. The Balaban J connectivity index is 1.93. The lowest BCUT2D eigenvalue weighted by Crippen LogP contribution is -2.34. The number of thioether (sulfide) groups is 1. The average Bonchev–Trinajstić information content (AvgIpc) is 2.69. The third kappa shape index (κ3) is 4.53. The van der Waals surface area contributed by atoms with Crippen LogP contribution in [0.25, 0.3) is 0 Å². The first-order valence-electron chi connectivity index (χ1n) is 7.49. The lowest BCUT2D eigenvalue weighted by Gasteiger charge is -2.27. The summed E-state index contributed by atoms with van der Waals surface area (Å²) in [6, 6.07) is 2.83. The summed E-state index contributed by atoms with van der Waals surface area (Å²) in [7, 11) is 2.06. The number of hydrogen-bond donors (Lipinski definition) is 1. The number of nitrogens with zero attached hydrogens (tertiary/aromatic N) is 2. The van der Waals surface area contributed by atoms with Crippen LogP contribution in [0.2, 0.25) is 0 Å². The fraction of sp³-hybridized carbons (Fsp3) is 0.800. The van der Waals surface area contributed by atoms with Gasteiger partial charge in [-0.2, -0.15) is 16.9 Å². The molecule has 2 rings (SSSR count). The van der Waals surface area contributed by atoms with E-state index in [-0.39, 0.29) is 0 Å². The average molecular weight is 281 g/mol. The van der Waals surface area contributed by atoms with Crippen LogP contribution >= 0.6 is 11.8 Å². The number of aryl methyl sites for hydroxylation is 2. The van der Waals surface area contributed by atoms with Crippen molar-refractivity contribution in [3.63, 3.8) is 0 Å². The zero-order valence-electron chi connectivity index (χ0n) is 12.5. The van der Waals surface area contributed by atoms with Crippen molar-refractivity contribution in [1.82, 2.24) is 15.1 Å². The smallest absolute Gasteiger partial charge is 0.0596 e. The lowest BCUT2D eigenvalue weighted by molar-refractivity contribution is 0.362. The molecule has 1 aliphatic rings. The molecule has 0 radical (unpaired) electrons. The largest absolute Gasteiger partial charge is 0.314 e. The third-order valence-corrected chi connectivity index (χ3v) is 5.05. The maximum Gasteiger partial charge on any atom is 0.0596 e. The van der Waals surface area contributed by atoms with Gasteiger partial charge >= 0.3 is 0 Å². The maximum atomic E-state index is 4.46. The Hall–Kier alpha value is -0.480. The second-order valence-corrected chi connectivity index (χ2v) is 6.88. The number of aromatic nitrogens is 2. The minimum atomic E-state index is 0.605. The Morgan fingerprint density at radius 2 is 2.21 bits per heavy atom. The first-order valence-corrected chi connectivity index (χ1v) is 8.65. The lowest BCUT2D eigenvalue weighted by atomic mass is 9.92. The second kappa shape index (κ2) is 7.34. The van der Waals surface area contributed by atoms with E-state index in [4.69, 9.17) is 0 Å². The molecule has 1 N–H and O–H groups in total. The third-order valence-electron chi connectivity index (χ3n) is 4.01. The summed E-state index contributed by atoms with van der Waals surface area (Å²) in [6.07, 6.45) is 5.22. The van der Waals surface area contributed by atoms with Crippen molar-refractivity contribution < 1.29 is 0 Å². The minimum absolute atomic E-state index is 0.605. The molecule has 108 valence electrons. The van der Waals surface area contributed by atoms with Crippen molar-refractivity contribution in [2.45, 2.75) is 45.6 Å². The highest BCUT2D eigenvalue weighted by Gasteiger charge is 2.20. The Morgan fingerprint density at radius 3 is 2.79 bits per heavy atom. The molecule has 0 bridgehead atoms. The van der Waals surface area contributed by atoms with Crippen LogP contribution in [-0.4, -0.2) is 33.9 Å². The SMILES string of the molecule is CCNC(Cc1cc(C)nn1C)CC1CCSCC1. The molecule has 1 unspecified atom stereocenters. The molecular formula is C15H27N3S. The van der Waals surface area contributed by atoms with Crippen molar-refractivity contribution >= 4 is 11.8 Å². The van der Waals surface area contributed by atoms with E-state index in [0.717, 1.165) is 24.6 Å². The van der Waals surface area contributed by atoms with E-state index < -0.39 is 0 Å². The summed E-state index contributed by atoms with van der Waals surface area (Å²) in [6.45, 7) is 5.34. The van der Waals surface area contributed by atoms with Gasteiger partial charge in [0, 0.05) is 25.2 Å². The molecule has 1 aromatic heterocycles. The number of likely N-dealkylation sites (N-methyl/N-ethyl adjacent to an activating group) is 1. The fourth-order valence-corrected chi connectivity index (χ4v) is 4.22. The highest BCUT2D eigenvalue weighted by atomic mass is 32.2. The van der Waals surface area contributed by atoms with Gasteiger partial charge < -0.3 is 5.32 Å². The van der Waals surface area contributed by atoms with Crippen LogP contribution in [0.3, 0.4) is 0 Å². The molecule has 2 heterocycles. The molecule has 19 heavy (non-hydrogen) atoms. The van der Waals surface area contributed by atoms with Crippen LogP contribution in [0.4, 0.5) is 0 Å². The highest BCUT2D eigenvalue weighted by molar-refractivity contribution is 7.99. The molecule has 0 amide bonds. The standard InChI is InChI=1S/C15H27N3S/c1-4-16-14(10-13-5-7-19-8-6-13)11-15-9-12(2)17-18(15)3/h9,13-14,16H,4-8,10-11H2,1-3H3. The molecular weight excluding hydrogens is 254 g/mol. The van der Waals surface area contributed by atoms with Gasteiger partial charge in [-0.3, -0.25) is 4.68 Å². The first-order chi connectivity index (χ1) is 9.19. The Kier molecular flexibility index (Phi) is 5.76. The fourth-order valence-electron chi connectivity index (χ4n) is 3.02. The number of hydrogen-bond acceptors (Lipinski definition) is 3. The monoisotopic (exact) mass is 281 g/mol. The predicted molar refractivity (Wildman–Crippen MR) is 83.8 cm³/mol. The van der Waals surface area contributed by atoms with Crippen molar-refractivity contribution in [1.29, 1.82) is 0 Å². The Morgan fingerprint density at radius 1 is 1.47 bits per heavy atom. The summed E-state index contributed by atoms with van der Waals surface area (Å²) in [4.78, 5) is 0. The van der Waals surface area contributed by atoms with Gasteiger partial charge in [0.1, 0.15) is 0 Å². The molecule has 1 atom stereocenters. The van der Waals surface area contributed by atoms with Gasteiger partial charge in [0.15, 0.2) is 0 Å². The number of nitrogens with one attached hydrogen (secondary N) is 1. The molecule has 0 aliphatic carbocycles. The van der Waals surface area contributed by atoms with Gasteiger partial charge in [0.2, 0.25) is 0 Å². The van der Waals surface area contributed by atoms with Gasteiger partial charge in [-0.25, -0.2) is 0 Å². The van der Waals surface area contributed by atoms with E-state index in [2.05, 4.69) is 49.1 Å². The zero-order valence-corrected chi connectivity index (χ0v) is 13.3. The van der Waals surface area contributed by atoms with E-state index in [0.29, 0.717) is 6.04 Å². The second-order valence-electron chi connectivity index (χ2n) is 5.65. The van der Waals surface area contributed by atoms with Crippen LogP contribution in [0, 0.1) is 12.8 Å².